The first-order chi connectivity index (χ1) is 8.45. The van der Waals surface area contributed by atoms with Crippen LogP contribution >= 0.6 is 0 Å². The molecule has 96 valence electrons. The van der Waals surface area contributed by atoms with Crippen molar-refractivity contribution in [3.8, 4) is 0 Å². The zero-order chi connectivity index (χ0) is 13.3. The molecule has 0 radical (unpaired) electrons. The van der Waals surface area contributed by atoms with Crippen LogP contribution in [0.25, 0.3) is 10.9 Å². The third-order valence-corrected chi connectivity index (χ3v) is 3.44. The van der Waals surface area contributed by atoms with Crippen LogP contribution in [0.4, 0.5) is 0 Å². The predicted octanol–water partition coefficient (Wildman–Crippen LogP) is 2.56. The second-order valence-corrected chi connectivity index (χ2v) is 5.47. The first-order valence-corrected chi connectivity index (χ1v) is 6.20. The van der Waals surface area contributed by atoms with E-state index in [-0.39, 0.29) is 5.41 Å². The summed E-state index contributed by atoms with van der Waals surface area (Å²) in [6.07, 6.45) is -0.589. The Morgan fingerprint density at radius 1 is 1.33 bits per heavy atom. The Labute approximate surface area is 108 Å². The minimum absolute atomic E-state index is 0.351. The van der Waals surface area contributed by atoms with Crippen molar-refractivity contribution in [1.29, 1.82) is 0 Å². The maximum Gasteiger partial charge on any atom is 0.0860 e. The fraction of sp³-hybridized carbons (Fsp3) is 0.400. The number of aryl methyl sites for hydroxylation is 1. The number of hydrogen-bond acceptors (Lipinski definition) is 3. The summed E-state index contributed by atoms with van der Waals surface area (Å²) < 4.78 is 0. The van der Waals surface area contributed by atoms with Crippen molar-refractivity contribution < 1.29 is 5.11 Å². The number of fused-ring (bicyclic) bond motifs is 1. The molecule has 0 fully saturated rings. The highest BCUT2D eigenvalue weighted by Crippen LogP contribution is 2.35. The molecule has 2 aromatic rings. The van der Waals surface area contributed by atoms with Crippen LogP contribution in [0.5, 0.6) is 0 Å². The van der Waals surface area contributed by atoms with Gasteiger partial charge < -0.3 is 10.8 Å². The maximum atomic E-state index is 10.6. The van der Waals surface area contributed by atoms with Gasteiger partial charge in [-0.15, -0.1) is 0 Å². The van der Waals surface area contributed by atoms with E-state index in [0.717, 1.165) is 22.2 Å². The molecule has 0 aliphatic rings. The van der Waals surface area contributed by atoms with Gasteiger partial charge in [-0.1, -0.05) is 32.0 Å². The molecule has 0 amide bonds. The number of nitrogens with zero attached hydrogens (tertiary/aromatic N) is 1. The molecule has 18 heavy (non-hydrogen) atoms. The third-order valence-electron chi connectivity index (χ3n) is 3.44. The van der Waals surface area contributed by atoms with Crippen molar-refractivity contribution in [3.63, 3.8) is 0 Å². The number of aliphatic hydroxyl groups excluding tert-OH is 1. The summed E-state index contributed by atoms with van der Waals surface area (Å²) in [5.41, 5.74) is 8.14. The van der Waals surface area contributed by atoms with Gasteiger partial charge in [-0.2, -0.15) is 0 Å². The Morgan fingerprint density at radius 2 is 2.00 bits per heavy atom. The predicted molar refractivity (Wildman–Crippen MR) is 74.3 cm³/mol. The van der Waals surface area contributed by atoms with Gasteiger partial charge in [-0.25, -0.2) is 0 Å². The van der Waals surface area contributed by atoms with Gasteiger partial charge in [0.15, 0.2) is 0 Å². The molecule has 3 N–H and O–H groups in total. The van der Waals surface area contributed by atoms with Gasteiger partial charge >= 0.3 is 0 Å². The Balaban J connectivity index is 2.63. The lowest BCUT2D eigenvalue weighted by atomic mass is 9.81. The first kappa shape index (κ1) is 13.0. The van der Waals surface area contributed by atoms with E-state index in [9.17, 15) is 5.11 Å². The summed E-state index contributed by atoms with van der Waals surface area (Å²) in [4.78, 5) is 4.48. The number of rotatable bonds is 3. The number of para-hydroxylation sites is 1. The van der Waals surface area contributed by atoms with Crippen molar-refractivity contribution in [1.82, 2.24) is 4.98 Å². The number of pyridine rings is 1. The van der Waals surface area contributed by atoms with Gasteiger partial charge in [0, 0.05) is 23.0 Å². The second-order valence-electron chi connectivity index (χ2n) is 5.47. The number of hydrogen-bond donors (Lipinski definition) is 2. The van der Waals surface area contributed by atoms with Crippen molar-refractivity contribution in [3.05, 3.63) is 41.6 Å². The molecule has 1 atom stereocenters. The van der Waals surface area contributed by atoms with Crippen LogP contribution in [0.2, 0.25) is 0 Å². The largest absolute Gasteiger partial charge is 0.388 e. The minimum atomic E-state index is -0.589. The van der Waals surface area contributed by atoms with Crippen LogP contribution in [-0.2, 0) is 0 Å². The summed E-state index contributed by atoms with van der Waals surface area (Å²) in [6.45, 7) is 6.33. The van der Waals surface area contributed by atoms with E-state index in [1.54, 1.807) is 0 Å². The van der Waals surface area contributed by atoms with Crippen LogP contribution < -0.4 is 5.73 Å². The number of benzene rings is 1. The van der Waals surface area contributed by atoms with E-state index in [4.69, 9.17) is 5.73 Å². The van der Waals surface area contributed by atoms with E-state index in [2.05, 4.69) is 4.98 Å². The van der Waals surface area contributed by atoms with Gasteiger partial charge in [0.25, 0.3) is 0 Å². The van der Waals surface area contributed by atoms with Gasteiger partial charge in [0.2, 0.25) is 0 Å². The van der Waals surface area contributed by atoms with Crippen LogP contribution in [-0.4, -0.2) is 16.6 Å². The van der Waals surface area contributed by atoms with Crippen LogP contribution in [0.1, 0.15) is 31.2 Å². The Hall–Kier alpha value is -1.45. The molecular weight excluding hydrogens is 224 g/mol. The summed E-state index contributed by atoms with van der Waals surface area (Å²) in [7, 11) is 0. The lowest BCUT2D eigenvalue weighted by Gasteiger charge is -2.30. The molecule has 1 aromatic heterocycles. The lowest BCUT2D eigenvalue weighted by molar-refractivity contribution is 0.0566. The molecule has 0 saturated carbocycles. The average molecular weight is 244 g/mol. The van der Waals surface area contributed by atoms with Crippen LogP contribution in [0.15, 0.2) is 30.3 Å². The monoisotopic (exact) mass is 244 g/mol. The van der Waals surface area contributed by atoms with Crippen molar-refractivity contribution in [2.75, 3.05) is 6.54 Å². The quantitative estimate of drug-likeness (QED) is 0.872. The van der Waals surface area contributed by atoms with E-state index in [1.807, 2.05) is 51.1 Å². The normalized spacial score (nSPS) is 13.8. The second kappa shape index (κ2) is 4.67. The van der Waals surface area contributed by atoms with E-state index >= 15 is 0 Å². The van der Waals surface area contributed by atoms with E-state index < -0.39 is 6.10 Å². The summed E-state index contributed by atoms with van der Waals surface area (Å²) in [5.74, 6) is 0. The van der Waals surface area contributed by atoms with E-state index in [1.165, 1.54) is 0 Å². The van der Waals surface area contributed by atoms with E-state index in [0.29, 0.717) is 6.54 Å². The zero-order valence-electron chi connectivity index (χ0n) is 11.1. The highest BCUT2D eigenvalue weighted by Gasteiger charge is 2.29. The number of aromatic nitrogens is 1. The number of nitrogens with two attached hydrogens (primary N) is 1. The SMILES string of the molecule is Cc1cc(C(O)C(C)(C)CN)c2ccccc2n1. The van der Waals surface area contributed by atoms with Gasteiger partial charge in [-0.05, 0) is 24.6 Å². The molecular formula is C15H20N2O. The number of aliphatic hydroxyl groups is 1. The average Bonchev–Trinajstić information content (AvgIpc) is 2.36. The first-order valence-electron chi connectivity index (χ1n) is 6.20. The molecule has 1 heterocycles. The fourth-order valence-corrected chi connectivity index (χ4v) is 2.10. The van der Waals surface area contributed by atoms with Crippen molar-refractivity contribution in [2.45, 2.75) is 26.9 Å². The minimum Gasteiger partial charge on any atom is -0.388 e. The summed E-state index contributed by atoms with van der Waals surface area (Å²) in [6, 6.07) is 9.83. The fourth-order valence-electron chi connectivity index (χ4n) is 2.10. The zero-order valence-corrected chi connectivity index (χ0v) is 11.1. The highest BCUT2D eigenvalue weighted by atomic mass is 16.3. The molecule has 0 bridgehead atoms. The molecule has 2 rings (SSSR count). The third kappa shape index (κ3) is 2.24. The molecule has 1 unspecified atom stereocenters. The molecule has 0 aliphatic heterocycles. The van der Waals surface area contributed by atoms with Gasteiger partial charge in [-0.3, -0.25) is 4.98 Å². The van der Waals surface area contributed by atoms with Gasteiger partial charge in [0.1, 0.15) is 0 Å². The highest BCUT2D eigenvalue weighted by molar-refractivity contribution is 5.82. The summed E-state index contributed by atoms with van der Waals surface area (Å²) in [5, 5.41) is 11.6. The lowest BCUT2D eigenvalue weighted by Crippen LogP contribution is -2.31. The Bertz CT molecular complexity index is 563. The Kier molecular flexibility index (Phi) is 3.37. The molecule has 0 saturated heterocycles. The van der Waals surface area contributed by atoms with Gasteiger partial charge in [0.05, 0.1) is 11.6 Å². The maximum absolute atomic E-state index is 10.6. The van der Waals surface area contributed by atoms with Crippen LogP contribution in [0.3, 0.4) is 0 Å². The standard InChI is InChI=1S/C15H20N2O/c1-10-8-12(14(18)15(2,3)9-16)11-6-4-5-7-13(11)17-10/h4-8,14,18H,9,16H2,1-3H3. The molecule has 0 aliphatic carbocycles. The molecule has 3 nitrogen and oxygen atoms in total. The van der Waals surface area contributed by atoms with Crippen LogP contribution in [0, 0.1) is 12.3 Å². The molecule has 0 spiro atoms. The molecule has 1 aromatic carbocycles. The Morgan fingerprint density at radius 3 is 2.67 bits per heavy atom. The molecule has 3 heteroatoms. The van der Waals surface area contributed by atoms with Crippen molar-refractivity contribution in [2.24, 2.45) is 11.1 Å². The smallest absolute Gasteiger partial charge is 0.0860 e. The summed E-state index contributed by atoms with van der Waals surface area (Å²) >= 11 is 0. The topological polar surface area (TPSA) is 59.1 Å². The van der Waals surface area contributed by atoms with Crippen molar-refractivity contribution >= 4 is 10.9 Å².